The van der Waals surface area contributed by atoms with E-state index in [1.807, 2.05) is 24.3 Å². The van der Waals surface area contributed by atoms with E-state index in [2.05, 4.69) is 16.3 Å². The molecule has 0 aliphatic heterocycles. The molecule has 1 aromatic heterocycles. The summed E-state index contributed by atoms with van der Waals surface area (Å²) in [5, 5.41) is 9.03. The molecule has 0 fully saturated rings. The van der Waals surface area contributed by atoms with Crippen molar-refractivity contribution in [2.24, 2.45) is 0 Å². The molecular formula is C20H17ClN2O2S. The van der Waals surface area contributed by atoms with Crippen LogP contribution in [0.3, 0.4) is 0 Å². The van der Waals surface area contributed by atoms with Gasteiger partial charge in [-0.15, -0.1) is 10.2 Å². The van der Waals surface area contributed by atoms with Gasteiger partial charge >= 0.3 is 0 Å². The lowest BCUT2D eigenvalue weighted by Crippen LogP contribution is -2.07. The largest absolute Gasteiger partial charge is 0.411 e. The first-order valence-electron chi connectivity index (χ1n) is 8.56. The predicted octanol–water partition coefficient (Wildman–Crippen LogP) is 5.24. The number of thioether (sulfide) groups is 1. The van der Waals surface area contributed by atoms with Crippen LogP contribution in [0.5, 0.6) is 0 Å². The lowest BCUT2D eigenvalue weighted by atomic mass is 9.90. The molecule has 0 N–H and O–H groups in total. The van der Waals surface area contributed by atoms with Crippen LogP contribution in [0.25, 0.3) is 11.5 Å². The van der Waals surface area contributed by atoms with Gasteiger partial charge in [0.1, 0.15) is 0 Å². The van der Waals surface area contributed by atoms with Crippen LogP contribution in [0.15, 0.2) is 52.1 Å². The highest BCUT2D eigenvalue weighted by atomic mass is 35.5. The van der Waals surface area contributed by atoms with Crippen LogP contribution in [0.2, 0.25) is 5.02 Å². The fourth-order valence-corrected chi connectivity index (χ4v) is 3.97. The number of rotatable bonds is 5. The molecule has 0 amide bonds. The van der Waals surface area contributed by atoms with E-state index in [1.165, 1.54) is 35.7 Å². The summed E-state index contributed by atoms with van der Waals surface area (Å²) >= 11 is 7.24. The molecule has 0 saturated heterocycles. The van der Waals surface area contributed by atoms with E-state index in [0.29, 0.717) is 16.1 Å². The van der Waals surface area contributed by atoms with Gasteiger partial charge in [-0.2, -0.15) is 0 Å². The summed E-state index contributed by atoms with van der Waals surface area (Å²) in [6.07, 6.45) is 4.62. The van der Waals surface area contributed by atoms with Gasteiger partial charge in [-0.1, -0.05) is 41.6 Å². The van der Waals surface area contributed by atoms with Crippen molar-refractivity contribution >= 4 is 29.1 Å². The third kappa shape index (κ3) is 3.84. The molecule has 4 nitrogen and oxygen atoms in total. The van der Waals surface area contributed by atoms with Gasteiger partial charge in [0.2, 0.25) is 5.89 Å². The normalized spacial score (nSPS) is 13.4. The first-order valence-corrected chi connectivity index (χ1v) is 9.92. The van der Waals surface area contributed by atoms with Crippen molar-refractivity contribution in [3.05, 3.63) is 64.2 Å². The number of Topliss-reactive ketones (excluding diaryl/α,β-unsaturated/α-hetero) is 1. The number of benzene rings is 2. The fourth-order valence-electron chi connectivity index (χ4n) is 3.12. The molecule has 6 heteroatoms. The molecule has 3 aromatic rings. The number of carbonyl (C=O) groups excluding carboxylic acids is 1. The van der Waals surface area contributed by atoms with E-state index in [-0.39, 0.29) is 11.5 Å². The van der Waals surface area contributed by atoms with E-state index in [1.54, 1.807) is 12.1 Å². The minimum Gasteiger partial charge on any atom is -0.411 e. The minimum absolute atomic E-state index is 0.0749. The Labute approximate surface area is 161 Å². The van der Waals surface area contributed by atoms with Crippen LogP contribution in [0.4, 0.5) is 0 Å². The average molecular weight is 385 g/mol. The molecule has 4 rings (SSSR count). The minimum atomic E-state index is 0.0749. The molecule has 1 aliphatic carbocycles. The first kappa shape index (κ1) is 17.3. The molecule has 1 heterocycles. The molecule has 26 heavy (non-hydrogen) atoms. The monoisotopic (exact) mass is 384 g/mol. The summed E-state index contributed by atoms with van der Waals surface area (Å²) in [6, 6.07) is 13.3. The quantitative estimate of drug-likeness (QED) is 0.444. The Bertz CT molecular complexity index is 954. The Morgan fingerprint density at radius 1 is 1.08 bits per heavy atom. The smallest absolute Gasteiger partial charge is 0.277 e. The molecule has 132 valence electrons. The van der Waals surface area contributed by atoms with E-state index in [0.717, 1.165) is 24.0 Å². The lowest BCUT2D eigenvalue weighted by Gasteiger charge is -2.16. The Morgan fingerprint density at radius 2 is 1.92 bits per heavy atom. The van der Waals surface area contributed by atoms with E-state index < -0.39 is 0 Å². The molecule has 1 aliphatic rings. The van der Waals surface area contributed by atoms with Crippen molar-refractivity contribution in [2.45, 2.75) is 30.9 Å². The van der Waals surface area contributed by atoms with Crippen LogP contribution in [-0.2, 0) is 12.8 Å². The standard InChI is InChI=1S/C20H17ClN2O2S/c21-17-7-3-6-16(11-17)19-22-23-20(25-19)26-12-18(24)15-9-8-13-4-1-2-5-14(13)10-15/h3,6-11H,1-2,4-5,12H2. The Morgan fingerprint density at radius 3 is 2.77 bits per heavy atom. The number of fused-ring (bicyclic) bond motifs is 1. The number of aryl methyl sites for hydroxylation is 2. The van der Waals surface area contributed by atoms with Crippen LogP contribution >= 0.6 is 23.4 Å². The Kier molecular flexibility index (Phi) is 5.09. The van der Waals surface area contributed by atoms with Gasteiger partial charge in [0.25, 0.3) is 5.22 Å². The summed E-state index contributed by atoms with van der Waals surface area (Å²) in [7, 11) is 0. The maximum Gasteiger partial charge on any atom is 0.277 e. The average Bonchev–Trinajstić information content (AvgIpc) is 3.15. The summed E-state index contributed by atoms with van der Waals surface area (Å²) in [5.41, 5.74) is 4.21. The number of ketones is 1. The van der Waals surface area contributed by atoms with Gasteiger partial charge in [0.15, 0.2) is 5.78 Å². The van der Waals surface area contributed by atoms with Gasteiger partial charge in [-0.3, -0.25) is 4.79 Å². The van der Waals surface area contributed by atoms with Crippen LogP contribution in [-0.4, -0.2) is 21.7 Å². The van der Waals surface area contributed by atoms with Crippen LogP contribution in [0, 0.1) is 0 Å². The van der Waals surface area contributed by atoms with E-state index in [9.17, 15) is 4.79 Å². The lowest BCUT2D eigenvalue weighted by molar-refractivity contribution is 0.102. The molecule has 0 bridgehead atoms. The highest BCUT2D eigenvalue weighted by molar-refractivity contribution is 7.99. The molecule has 0 radical (unpaired) electrons. The van der Waals surface area contributed by atoms with Crippen molar-refractivity contribution in [2.75, 3.05) is 5.75 Å². The van der Waals surface area contributed by atoms with Gasteiger partial charge in [-0.25, -0.2) is 0 Å². The van der Waals surface area contributed by atoms with Crippen molar-refractivity contribution < 1.29 is 9.21 Å². The van der Waals surface area contributed by atoms with E-state index in [4.69, 9.17) is 16.0 Å². The van der Waals surface area contributed by atoms with Crippen LogP contribution in [0.1, 0.15) is 34.3 Å². The zero-order valence-electron chi connectivity index (χ0n) is 14.1. The first-order chi connectivity index (χ1) is 12.7. The SMILES string of the molecule is O=C(CSc1nnc(-c2cccc(Cl)c2)o1)c1ccc2c(c1)CCCC2. The van der Waals surface area contributed by atoms with Gasteiger partial charge in [0.05, 0.1) is 5.75 Å². The summed E-state index contributed by atoms with van der Waals surface area (Å²) in [5.74, 6) is 0.748. The fraction of sp³-hybridized carbons (Fsp3) is 0.250. The highest BCUT2D eigenvalue weighted by Crippen LogP contribution is 2.26. The Hall–Kier alpha value is -2.11. The summed E-state index contributed by atoms with van der Waals surface area (Å²) < 4.78 is 5.63. The predicted molar refractivity (Wildman–Crippen MR) is 103 cm³/mol. The summed E-state index contributed by atoms with van der Waals surface area (Å²) in [4.78, 5) is 12.5. The third-order valence-corrected chi connectivity index (χ3v) is 5.53. The van der Waals surface area contributed by atoms with Crippen molar-refractivity contribution in [3.63, 3.8) is 0 Å². The second kappa shape index (κ2) is 7.64. The molecule has 2 aromatic carbocycles. The van der Waals surface area contributed by atoms with Gasteiger partial charge < -0.3 is 4.42 Å². The highest BCUT2D eigenvalue weighted by Gasteiger charge is 2.15. The number of nitrogens with zero attached hydrogens (tertiary/aromatic N) is 2. The maximum absolute atomic E-state index is 12.5. The molecule has 0 unspecified atom stereocenters. The molecule has 0 atom stereocenters. The van der Waals surface area contributed by atoms with Crippen molar-refractivity contribution in [3.8, 4) is 11.5 Å². The zero-order valence-corrected chi connectivity index (χ0v) is 15.6. The van der Waals surface area contributed by atoms with E-state index >= 15 is 0 Å². The molecule has 0 spiro atoms. The maximum atomic E-state index is 12.5. The second-order valence-electron chi connectivity index (χ2n) is 6.29. The second-order valence-corrected chi connectivity index (χ2v) is 7.65. The number of hydrogen-bond acceptors (Lipinski definition) is 5. The number of carbonyl (C=O) groups is 1. The van der Waals surface area contributed by atoms with Crippen molar-refractivity contribution in [1.82, 2.24) is 10.2 Å². The Balaban J connectivity index is 1.42. The molecular weight excluding hydrogens is 368 g/mol. The van der Waals surface area contributed by atoms with Gasteiger partial charge in [-0.05, 0) is 61.1 Å². The van der Waals surface area contributed by atoms with Crippen LogP contribution < -0.4 is 0 Å². The summed E-state index contributed by atoms with van der Waals surface area (Å²) in [6.45, 7) is 0. The van der Waals surface area contributed by atoms with Crippen molar-refractivity contribution in [1.29, 1.82) is 0 Å². The third-order valence-electron chi connectivity index (χ3n) is 4.48. The number of hydrogen-bond donors (Lipinski definition) is 0. The number of halogens is 1. The molecule has 0 saturated carbocycles. The number of aromatic nitrogens is 2. The van der Waals surface area contributed by atoms with Gasteiger partial charge in [0, 0.05) is 16.1 Å². The zero-order chi connectivity index (χ0) is 17.9. The topological polar surface area (TPSA) is 56.0 Å².